The molecule has 2 atom stereocenters. The third kappa shape index (κ3) is 4.99. The van der Waals surface area contributed by atoms with E-state index in [2.05, 4.69) is 37.3 Å². The summed E-state index contributed by atoms with van der Waals surface area (Å²) in [6.45, 7) is 6.57. The van der Waals surface area contributed by atoms with E-state index < -0.39 is 0 Å². The zero-order chi connectivity index (χ0) is 22.5. The Labute approximate surface area is 187 Å². The molecule has 0 aliphatic carbocycles. The van der Waals surface area contributed by atoms with Gasteiger partial charge in [0.25, 0.3) is 5.91 Å². The molecule has 1 aromatic carbocycles. The van der Waals surface area contributed by atoms with Gasteiger partial charge in [0.1, 0.15) is 17.7 Å². The Morgan fingerprint density at radius 1 is 1.34 bits per heavy atom. The monoisotopic (exact) mass is 435 g/mol. The van der Waals surface area contributed by atoms with Crippen LogP contribution in [0.3, 0.4) is 0 Å². The lowest BCUT2D eigenvalue weighted by Crippen LogP contribution is -2.27. The second-order valence-electron chi connectivity index (χ2n) is 7.95. The maximum atomic E-state index is 12.2. The van der Waals surface area contributed by atoms with Gasteiger partial charge in [0, 0.05) is 39.0 Å². The Hall–Kier alpha value is -3.62. The third-order valence-corrected chi connectivity index (χ3v) is 5.70. The molecule has 1 fully saturated rings. The number of rotatable bonds is 8. The van der Waals surface area contributed by atoms with E-state index in [-0.39, 0.29) is 18.1 Å². The standard InChI is InChI=1S/C23H29N7O2/c1-4-29(3)23-24-11-9-21(28-23)30-12-10-20(15-30)32-19-7-5-17(6-8-19)16(2)27-22(31)18-13-25-26-14-18/h5-9,11,13-14,16,20H,4,10,12,15H2,1-3H3,(H,25,26)(H,27,31)/t16-,20?/m0/s1. The van der Waals surface area contributed by atoms with E-state index >= 15 is 0 Å². The van der Waals surface area contributed by atoms with Gasteiger partial charge in [-0.05, 0) is 37.6 Å². The minimum Gasteiger partial charge on any atom is -0.489 e. The first kappa shape index (κ1) is 21.6. The maximum Gasteiger partial charge on any atom is 0.254 e. The number of hydrogen-bond donors (Lipinski definition) is 2. The second-order valence-corrected chi connectivity index (χ2v) is 7.95. The lowest BCUT2D eigenvalue weighted by atomic mass is 10.1. The van der Waals surface area contributed by atoms with Gasteiger partial charge in [-0.2, -0.15) is 10.1 Å². The quantitative estimate of drug-likeness (QED) is 0.561. The molecule has 9 nitrogen and oxygen atoms in total. The van der Waals surface area contributed by atoms with Crippen molar-refractivity contribution in [2.75, 3.05) is 36.5 Å². The minimum absolute atomic E-state index is 0.0985. The van der Waals surface area contributed by atoms with Gasteiger partial charge in [0.2, 0.25) is 5.95 Å². The summed E-state index contributed by atoms with van der Waals surface area (Å²) >= 11 is 0. The van der Waals surface area contributed by atoms with Gasteiger partial charge >= 0.3 is 0 Å². The van der Waals surface area contributed by atoms with Gasteiger partial charge in [-0.1, -0.05) is 12.1 Å². The van der Waals surface area contributed by atoms with Gasteiger partial charge in [-0.25, -0.2) is 4.98 Å². The highest BCUT2D eigenvalue weighted by Gasteiger charge is 2.25. The first-order chi connectivity index (χ1) is 15.5. The number of aromatic amines is 1. The number of nitrogens with one attached hydrogen (secondary N) is 2. The van der Waals surface area contributed by atoms with Crippen molar-refractivity contribution in [2.45, 2.75) is 32.4 Å². The molecule has 4 rings (SSSR count). The van der Waals surface area contributed by atoms with Crippen molar-refractivity contribution in [2.24, 2.45) is 0 Å². The van der Waals surface area contributed by atoms with E-state index in [1.54, 1.807) is 6.20 Å². The zero-order valence-electron chi connectivity index (χ0n) is 18.7. The molecule has 1 unspecified atom stereocenters. The third-order valence-electron chi connectivity index (χ3n) is 5.70. The fourth-order valence-corrected chi connectivity index (χ4v) is 3.64. The number of benzene rings is 1. The summed E-state index contributed by atoms with van der Waals surface area (Å²) < 4.78 is 6.21. The minimum atomic E-state index is -0.157. The summed E-state index contributed by atoms with van der Waals surface area (Å²) in [5.41, 5.74) is 1.52. The first-order valence-electron chi connectivity index (χ1n) is 10.9. The van der Waals surface area contributed by atoms with Crippen molar-refractivity contribution in [3.05, 3.63) is 60.0 Å². The van der Waals surface area contributed by atoms with Crippen LogP contribution in [0.2, 0.25) is 0 Å². The Morgan fingerprint density at radius 3 is 2.88 bits per heavy atom. The van der Waals surface area contributed by atoms with Gasteiger partial charge in [-0.3, -0.25) is 9.89 Å². The Bertz CT molecular complexity index is 1020. The summed E-state index contributed by atoms with van der Waals surface area (Å²) in [7, 11) is 1.99. The Kier molecular flexibility index (Phi) is 6.53. The van der Waals surface area contributed by atoms with Crippen molar-refractivity contribution in [3.63, 3.8) is 0 Å². The fourth-order valence-electron chi connectivity index (χ4n) is 3.64. The lowest BCUT2D eigenvalue weighted by molar-refractivity contribution is 0.0940. The zero-order valence-corrected chi connectivity index (χ0v) is 18.7. The van der Waals surface area contributed by atoms with Crippen LogP contribution < -0.4 is 19.9 Å². The number of amides is 1. The summed E-state index contributed by atoms with van der Waals surface area (Å²) in [4.78, 5) is 25.5. The summed E-state index contributed by atoms with van der Waals surface area (Å²) in [6.07, 6.45) is 5.93. The van der Waals surface area contributed by atoms with Crippen LogP contribution in [0.1, 0.15) is 42.2 Å². The molecule has 9 heteroatoms. The molecule has 1 aliphatic heterocycles. The van der Waals surface area contributed by atoms with Crippen LogP contribution in [0, 0.1) is 0 Å². The van der Waals surface area contributed by atoms with Crippen LogP contribution in [0.15, 0.2) is 48.9 Å². The van der Waals surface area contributed by atoms with Crippen LogP contribution in [0.4, 0.5) is 11.8 Å². The molecular weight excluding hydrogens is 406 g/mol. The number of hydrogen-bond acceptors (Lipinski definition) is 7. The van der Waals surface area contributed by atoms with Crippen molar-refractivity contribution >= 4 is 17.7 Å². The molecule has 168 valence electrons. The number of anilines is 2. The van der Waals surface area contributed by atoms with Crippen molar-refractivity contribution in [1.82, 2.24) is 25.5 Å². The van der Waals surface area contributed by atoms with Gasteiger partial charge in [-0.15, -0.1) is 0 Å². The van der Waals surface area contributed by atoms with E-state index in [9.17, 15) is 4.79 Å². The molecule has 2 aromatic heterocycles. The maximum absolute atomic E-state index is 12.2. The van der Waals surface area contributed by atoms with Crippen molar-refractivity contribution in [3.8, 4) is 5.75 Å². The predicted octanol–water partition coefficient (Wildman–Crippen LogP) is 2.80. The predicted molar refractivity (Wildman–Crippen MR) is 123 cm³/mol. The van der Waals surface area contributed by atoms with E-state index in [1.165, 1.54) is 6.20 Å². The number of carbonyl (C=O) groups excluding carboxylic acids is 1. The largest absolute Gasteiger partial charge is 0.489 e. The molecule has 0 saturated carbocycles. The molecule has 0 spiro atoms. The van der Waals surface area contributed by atoms with Crippen LogP contribution in [-0.2, 0) is 0 Å². The van der Waals surface area contributed by atoms with E-state index in [4.69, 9.17) is 4.74 Å². The molecular formula is C23H29N7O2. The molecule has 1 amide bonds. The molecule has 0 bridgehead atoms. The van der Waals surface area contributed by atoms with Crippen LogP contribution in [0.5, 0.6) is 5.75 Å². The first-order valence-corrected chi connectivity index (χ1v) is 10.9. The molecule has 1 aliphatic rings. The molecule has 1 saturated heterocycles. The number of nitrogens with zero attached hydrogens (tertiary/aromatic N) is 5. The van der Waals surface area contributed by atoms with Gasteiger partial charge in [0.05, 0.1) is 24.3 Å². The average molecular weight is 436 g/mol. The fraction of sp³-hybridized carbons (Fsp3) is 0.391. The Balaban J connectivity index is 1.32. The highest BCUT2D eigenvalue weighted by atomic mass is 16.5. The number of carbonyl (C=O) groups is 1. The number of aromatic nitrogens is 4. The lowest BCUT2D eigenvalue weighted by Gasteiger charge is -2.20. The van der Waals surface area contributed by atoms with Crippen LogP contribution in [0.25, 0.3) is 0 Å². The van der Waals surface area contributed by atoms with E-state index in [0.29, 0.717) is 5.56 Å². The highest BCUT2D eigenvalue weighted by molar-refractivity contribution is 5.93. The second kappa shape index (κ2) is 9.67. The SMILES string of the molecule is CCN(C)c1nccc(N2CCC(Oc3ccc([C@H](C)NC(=O)c4cn[nH]c4)cc3)C2)n1. The van der Waals surface area contributed by atoms with Gasteiger partial charge < -0.3 is 19.9 Å². The summed E-state index contributed by atoms with van der Waals surface area (Å²) in [6, 6.07) is 9.71. The molecule has 2 N–H and O–H groups in total. The summed E-state index contributed by atoms with van der Waals surface area (Å²) in [5, 5.41) is 9.43. The van der Waals surface area contributed by atoms with E-state index in [0.717, 1.165) is 49.1 Å². The molecule has 32 heavy (non-hydrogen) atoms. The Morgan fingerprint density at radius 2 is 2.16 bits per heavy atom. The highest BCUT2D eigenvalue weighted by Crippen LogP contribution is 2.24. The van der Waals surface area contributed by atoms with Gasteiger partial charge in [0.15, 0.2) is 0 Å². The summed E-state index contributed by atoms with van der Waals surface area (Å²) in [5.74, 6) is 2.33. The normalized spacial score (nSPS) is 16.6. The molecule has 3 aromatic rings. The molecule has 3 heterocycles. The topological polar surface area (TPSA) is 99.3 Å². The van der Waals surface area contributed by atoms with E-state index in [1.807, 2.05) is 55.4 Å². The number of H-pyrrole nitrogens is 1. The van der Waals surface area contributed by atoms with Crippen LogP contribution in [-0.4, -0.2) is 58.9 Å². The van der Waals surface area contributed by atoms with Crippen molar-refractivity contribution in [1.29, 1.82) is 0 Å². The molecule has 0 radical (unpaired) electrons. The van der Waals surface area contributed by atoms with Crippen LogP contribution >= 0.6 is 0 Å². The average Bonchev–Trinajstić information content (AvgIpc) is 3.52. The van der Waals surface area contributed by atoms with Crippen molar-refractivity contribution < 1.29 is 9.53 Å². The number of ether oxygens (including phenoxy) is 1. The smallest absolute Gasteiger partial charge is 0.254 e.